The van der Waals surface area contributed by atoms with Gasteiger partial charge in [-0.05, 0) is 19.9 Å². The van der Waals surface area contributed by atoms with Gasteiger partial charge in [0, 0.05) is 13.1 Å². The van der Waals surface area contributed by atoms with E-state index in [2.05, 4.69) is 10.6 Å². The number of nitrogens with one attached hydrogen (secondary N) is 2. The number of carbonyl (C=O) groups is 3. The molecule has 7 nitrogen and oxygen atoms in total. The van der Waals surface area contributed by atoms with Crippen LogP contribution in [-0.4, -0.2) is 56.1 Å². The molecule has 0 unspecified atom stereocenters. The number of urea groups is 1. The highest BCUT2D eigenvalue weighted by Crippen LogP contribution is 1.91. The van der Waals surface area contributed by atoms with Crippen LogP contribution in [0, 0.1) is 5.92 Å². The van der Waals surface area contributed by atoms with Crippen molar-refractivity contribution >= 4 is 17.9 Å². The van der Waals surface area contributed by atoms with Crippen LogP contribution in [0.4, 0.5) is 4.79 Å². The smallest absolute Gasteiger partial charge is 0.321 e. The number of carbonyl (C=O) groups excluding carboxylic acids is 3. The molecule has 116 valence electrons. The summed E-state index contributed by atoms with van der Waals surface area (Å²) in [5.41, 5.74) is 0. The van der Waals surface area contributed by atoms with Crippen molar-refractivity contribution in [3.8, 4) is 0 Å². The second-order valence-corrected chi connectivity index (χ2v) is 4.94. The van der Waals surface area contributed by atoms with Crippen LogP contribution in [0.25, 0.3) is 0 Å². The zero-order valence-electron chi connectivity index (χ0n) is 12.7. The largest absolute Gasteiger partial charge is 0.466 e. The second kappa shape index (κ2) is 10.2. The predicted molar refractivity (Wildman–Crippen MR) is 75.1 cm³/mol. The minimum absolute atomic E-state index is 0.0501. The molecule has 20 heavy (non-hydrogen) atoms. The molecule has 0 rings (SSSR count). The van der Waals surface area contributed by atoms with E-state index < -0.39 is 11.9 Å². The summed E-state index contributed by atoms with van der Waals surface area (Å²) < 4.78 is 4.79. The normalized spacial score (nSPS) is 10.5. The SMILES string of the molecule is CCOC(=O)CCN(C)CC(=O)NC(=O)NCC(C)C. The Morgan fingerprint density at radius 3 is 2.45 bits per heavy atom. The minimum atomic E-state index is -0.498. The molecular weight excluding hydrogens is 262 g/mol. The van der Waals surface area contributed by atoms with Gasteiger partial charge in [-0.3, -0.25) is 19.8 Å². The van der Waals surface area contributed by atoms with Gasteiger partial charge in [-0.25, -0.2) is 4.79 Å². The molecule has 0 aliphatic rings. The summed E-state index contributed by atoms with van der Waals surface area (Å²) in [5, 5.41) is 4.82. The third kappa shape index (κ3) is 10.3. The van der Waals surface area contributed by atoms with Gasteiger partial charge in [0.25, 0.3) is 0 Å². The zero-order valence-corrected chi connectivity index (χ0v) is 12.7. The van der Waals surface area contributed by atoms with Gasteiger partial charge in [-0.1, -0.05) is 13.8 Å². The maximum Gasteiger partial charge on any atom is 0.321 e. The Bertz CT molecular complexity index is 332. The highest BCUT2D eigenvalue weighted by molar-refractivity contribution is 5.95. The Hall–Kier alpha value is -1.63. The lowest BCUT2D eigenvalue weighted by atomic mass is 10.2. The van der Waals surface area contributed by atoms with E-state index in [1.807, 2.05) is 13.8 Å². The maximum atomic E-state index is 11.5. The van der Waals surface area contributed by atoms with Crippen molar-refractivity contribution in [2.45, 2.75) is 27.2 Å². The summed E-state index contributed by atoms with van der Waals surface area (Å²) in [5.74, 6) is -0.379. The molecule has 0 aromatic rings. The molecule has 3 amide bonds. The quantitative estimate of drug-likeness (QED) is 0.629. The first-order chi connectivity index (χ1) is 9.35. The molecule has 0 aromatic heterocycles. The van der Waals surface area contributed by atoms with Gasteiger partial charge in [0.15, 0.2) is 0 Å². The number of rotatable bonds is 8. The summed E-state index contributed by atoms with van der Waals surface area (Å²) in [6, 6.07) is -0.498. The standard InChI is InChI=1S/C13H25N3O4/c1-5-20-12(18)6-7-16(4)9-11(17)15-13(19)14-8-10(2)3/h10H,5-9H2,1-4H3,(H2,14,15,17,19). The third-order valence-corrected chi connectivity index (χ3v) is 2.34. The molecule has 0 atom stereocenters. The van der Waals surface area contributed by atoms with Crippen molar-refractivity contribution in [3.05, 3.63) is 0 Å². The average molecular weight is 287 g/mol. The Morgan fingerprint density at radius 1 is 1.25 bits per heavy atom. The Kier molecular flexibility index (Phi) is 9.36. The highest BCUT2D eigenvalue weighted by Gasteiger charge is 2.12. The van der Waals surface area contributed by atoms with Crippen molar-refractivity contribution in [3.63, 3.8) is 0 Å². The number of likely N-dealkylation sites (N-methyl/N-ethyl adjacent to an activating group) is 1. The van der Waals surface area contributed by atoms with Crippen molar-refractivity contribution in [1.29, 1.82) is 0 Å². The fourth-order valence-corrected chi connectivity index (χ4v) is 1.35. The van der Waals surface area contributed by atoms with Gasteiger partial charge >= 0.3 is 12.0 Å². The molecule has 0 fully saturated rings. The minimum Gasteiger partial charge on any atom is -0.466 e. The summed E-state index contributed by atoms with van der Waals surface area (Å²) in [4.78, 5) is 35.7. The van der Waals surface area contributed by atoms with E-state index in [4.69, 9.17) is 4.74 Å². The molecule has 0 aliphatic heterocycles. The van der Waals surface area contributed by atoms with Gasteiger partial charge in [-0.2, -0.15) is 0 Å². The summed E-state index contributed by atoms with van der Waals surface area (Å²) in [7, 11) is 1.70. The maximum absolute atomic E-state index is 11.5. The van der Waals surface area contributed by atoms with Crippen LogP contribution in [0.15, 0.2) is 0 Å². The number of amides is 3. The number of imide groups is 1. The average Bonchev–Trinajstić information content (AvgIpc) is 2.34. The Morgan fingerprint density at radius 2 is 1.90 bits per heavy atom. The molecule has 2 N–H and O–H groups in total. The number of nitrogens with zero attached hydrogens (tertiary/aromatic N) is 1. The summed E-state index contributed by atoms with van der Waals surface area (Å²) in [6.07, 6.45) is 0.219. The Balaban J connectivity index is 3.84. The molecule has 0 saturated heterocycles. The van der Waals surface area contributed by atoms with Crippen LogP contribution in [0.3, 0.4) is 0 Å². The first-order valence-electron chi connectivity index (χ1n) is 6.77. The zero-order chi connectivity index (χ0) is 15.5. The van der Waals surface area contributed by atoms with Gasteiger partial charge in [0.1, 0.15) is 0 Å². The molecule has 0 bridgehead atoms. The van der Waals surface area contributed by atoms with E-state index in [1.165, 1.54) is 0 Å². The molecule has 7 heteroatoms. The van der Waals surface area contributed by atoms with E-state index in [9.17, 15) is 14.4 Å². The van der Waals surface area contributed by atoms with Gasteiger partial charge < -0.3 is 10.1 Å². The molecule has 0 aliphatic carbocycles. The monoisotopic (exact) mass is 287 g/mol. The van der Waals surface area contributed by atoms with Crippen LogP contribution < -0.4 is 10.6 Å². The number of esters is 1. The van der Waals surface area contributed by atoms with Crippen LogP contribution in [0.1, 0.15) is 27.2 Å². The molecule has 0 aromatic carbocycles. The molecule has 0 spiro atoms. The van der Waals surface area contributed by atoms with E-state index in [1.54, 1.807) is 18.9 Å². The van der Waals surface area contributed by atoms with E-state index in [0.29, 0.717) is 25.6 Å². The lowest BCUT2D eigenvalue weighted by Crippen LogP contribution is -2.44. The van der Waals surface area contributed by atoms with E-state index in [-0.39, 0.29) is 18.9 Å². The summed E-state index contributed by atoms with van der Waals surface area (Å²) >= 11 is 0. The third-order valence-electron chi connectivity index (χ3n) is 2.34. The van der Waals surface area contributed by atoms with Gasteiger partial charge in [0.2, 0.25) is 5.91 Å². The fourth-order valence-electron chi connectivity index (χ4n) is 1.35. The lowest BCUT2D eigenvalue weighted by molar-refractivity contribution is -0.143. The van der Waals surface area contributed by atoms with Crippen molar-refractivity contribution in [2.24, 2.45) is 5.92 Å². The number of hydrogen-bond acceptors (Lipinski definition) is 5. The fraction of sp³-hybridized carbons (Fsp3) is 0.769. The summed E-state index contributed by atoms with van der Waals surface area (Å²) in [6.45, 7) is 6.98. The van der Waals surface area contributed by atoms with Crippen LogP contribution in [0.2, 0.25) is 0 Å². The van der Waals surface area contributed by atoms with Gasteiger partial charge in [-0.15, -0.1) is 0 Å². The first kappa shape index (κ1) is 18.4. The topological polar surface area (TPSA) is 87.7 Å². The number of ether oxygens (including phenoxy) is 1. The van der Waals surface area contributed by atoms with Crippen molar-refractivity contribution in [1.82, 2.24) is 15.5 Å². The van der Waals surface area contributed by atoms with Crippen molar-refractivity contribution in [2.75, 3.05) is 33.3 Å². The first-order valence-corrected chi connectivity index (χ1v) is 6.77. The second-order valence-electron chi connectivity index (χ2n) is 4.94. The Labute approximate surface area is 120 Å². The van der Waals surface area contributed by atoms with Crippen LogP contribution in [-0.2, 0) is 14.3 Å². The van der Waals surface area contributed by atoms with E-state index >= 15 is 0 Å². The molecule has 0 radical (unpaired) electrons. The molecule has 0 heterocycles. The van der Waals surface area contributed by atoms with Crippen LogP contribution >= 0.6 is 0 Å². The van der Waals surface area contributed by atoms with Gasteiger partial charge in [0.05, 0.1) is 19.6 Å². The van der Waals surface area contributed by atoms with E-state index in [0.717, 1.165) is 0 Å². The van der Waals surface area contributed by atoms with Crippen molar-refractivity contribution < 1.29 is 19.1 Å². The molecular formula is C13H25N3O4. The van der Waals surface area contributed by atoms with Crippen LogP contribution in [0.5, 0.6) is 0 Å². The molecule has 0 saturated carbocycles. The highest BCUT2D eigenvalue weighted by atomic mass is 16.5. The lowest BCUT2D eigenvalue weighted by Gasteiger charge is -2.15. The number of hydrogen-bond donors (Lipinski definition) is 2. The predicted octanol–water partition coefficient (Wildman–Crippen LogP) is 0.353.